The maximum Gasteiger partial charge on any atom is 0.218 e. The Bertz CT molecular complexity index is 343. The van der Waals surface area contributed by atoms with Gasteiger partial charge in [0.1, 0.15) is 12.1 Å². The number of nitrogens with zero attached hydrogens (tertiary/aromatic N) is 2. The van der Waals surface area contributed by atoms with Crippen molar-refractivity contribution in [2.24, 2.45) is 0 Å². The lowest BCUT2D eigenvalue weighted by Crippen LogP contribution is -2.34. The van der Waals surface area contributed by atoms with Crippen LogP contribution in [0.25, 0.3) is 0 Å². The minimum atomic E-state index is 0.286. The molecular formula is C9H14N4OS. The molecule has 1 aromatic heterocycles. The lowest BCUT2D eigenvalue weighted by molar-refractivity contribution is 0.397. The third-order valence-corrected chi connectivity index (χ3v) is 1.73. The molecule has 0 aromatic carbocycles. The first kappa shape index (κ1) is 11.6. The van der Waals surface area contributed by atoms with Crippen LogP contribution in [0.1, 0.15) is 13.8 Å². The van der Waals surface area contributed by atoms with Gasteiger partial charge in [-0.3, -0.25) is 0 Å². The molecule has 0 radical (unpaired) electrons. The van der Waals surface area contributed by atoms with E-state index in [9.17, 15) is 0 Å². The van der Waals surface area contributed by atoms with E-state index in [2.05, 4.69) is 20.6 Å². The maximum absolute atomic E-state index is 5.07. The number of anilines is 1. The van der Waals surface area contributed by atoms with E-state index in [1.165, 1.54) is 6.33 Å². The molecule has 0 bridgehead atoms. The zero-order valence-electron chi connectivity index (χ0n) is 8.94. The second-order valence-corrected chi connectivity index (χ2v) is 3.61. The van der Waals surface area contributed by atoms with Crippen molar-refractivity contribution in [2.45, 2.75) is 19.9 Å². The molecule has 0 saturated heterocycles. The van der Waals surface area contributed by atoms with Crippen molar-refractivity contribution in [3.63, 3.8) is 0 Å². The summed E-state index contributed by atoms with van der Waals surface area (Å²) in [7, 11) is 1.55. The fourth-order valence-corrected chi connectivity index (χ4v) is 1.27. The van der Waals surface area contributed by atoms with Crippen molar-refractivity contribution < 1.29 is 4.74 Å². The molecule has 0 aliphatic carbocycles. The summed E-state index contributed by atoms with van der Waals surface area (Å²) >= 11 is 5.07. The van der Waals surface area contributed by atoms with E-state index in [4.69, 9.17) is 17.0 Å². The second kappa shape index (κ2) is 5.45. The highest BCUT2D eigenvalue weighted by Crippen LogP contribution is 2.09. The van der Waals surface area contributed by atoms with E-state index in [1.54, 1.807) is 13.2 Å². The number of nitrogens with one attached hydrogen (secondary N) is 2. The van der Waals surface area contributed by atoms with E-state index >= 15 is 0 Å². The number of hydrogen-bond acceptors (Lipinski definition) is 4. The highest BCUT2D eigenvalue weighted by molar-refractivity contribution is 7.80. The number of methoxy groups -OCH3 is 1. The Hall–Kier alpha value is -1.43. The fraction of sp³-hybridized carbons (Fsp3) is 0.444. The molecule has 0 amide bonds. The third-order valence-electron chi connectivity index (χ3n) is 1.51. The molecule has 6 heteroatoms. The minimum Gasteiger partial charge on any atom is -0.481 e. The Morgan fingerprint density at radius 3 is 2.80 bits per heavy atom. The van der Waals surface area contributed by atoms with Crippen molar-refractivity contribution in [3.05, 3.63) is 12.4 Å². The number of thiocarbonyl (C=S) groups is 1. The lowest BCUT2D eigenvalue weighted by atomic mass is 10.4. The molecule has 1 heterocycles. The first-order valence-corrected chi connectivity index (χ1v) is 4.96. The van der Waals surface area contributed by atoms with Crippen LogP contribution >= 0.6 is 12.2 Å². The van der Waals surface area contributed by atoms with Crippen LogP contribution in [-0.4, -0.2) is 28.2 Å². The van der Waals surface area contributed by atoms with Crippen molar-refractivity contribution in [3.8, 4) is 5.88 Å². The molecule has 0 aliphatic heterocycles. The molecule has 15 heavy (non-hydrogen) atoms. The predicted molar refractivity (Wildman–Crippen MR) is 63.1 cm³/mol. The highest BCUT2D eigenvalue weighted by atomic mass is 32.1. The van der Waals surface area contributed by atoms with E-state index in [0.29, 0.717) is 16.8 Å². The molecule has 0 spiro atoms. The average Bonchev–Trinajstić information content (AvgIpc) is 2.16. The van der Waals surface area contributed by atoms with E-state index in [-0.39, 0.29) is 6.04 Å². The molecule has 0 fully saturated rings. The van der Waals surface area contributed by atoms with Crippen LogP contribution in [-0.2, 0) is 0 Å². The van der Waals surface area contributed by atoms with Crippen LogP contribution in [0.3, 0.4) is 0 Å². The van der Waals surface area contributed by atoms with Crippen molar-refractivity contribution in [2.75, 3.05) is 12.4 Å². The molecule has 82 valence electrons. The highest BCUT2D eigenvalue weighted by Gasteiger charge is 2.02. The second-order valence-electron chi connectivity index (χ2n) is 3.20. The summed E-state index contributed by atoms with van der Waals surface area (Å²) in [6.07, 6.45) is 1.42. The Morgan fingerprint density at radius 1 is 1.47 bits per heavy atom. The van der Waals surface area contributed by atoms with Gasteiger partial charge in [0.15, 0.2) is 5.11 Å². The topological polar surface area (TPSA) is 59.1 Å². The Morgan fingerprint density at radius 2 is 2.20 bits per heavy atom. The Labute approximate surface area is 94.3 Å². The summed E-state index contributed by atoms with van der Waals surface area (Å²) in [5.74, 6) is 1.11. The van der Waals surface area contributed by atoms with Gasteiger partial charge >= 0.3 is 0 Å². The van der Waals surface area contributed by atoms with Crippen molar-refractivity contribution >= 4 is 23.1 Å². The summed E-state index contributed by atoms with van der Waals surface area (Å²) in [6.45, 7) is 4.02. The van der Waals surface area contributed by atoms with E-state index < -0.39 is 0 Å². The predicted octanol–water partition coefficient (Wildman–Crippen LogP) is 1.18. The molecule has 0 saturated carbocycles. The van der Waals surface area contributed by atoms with Gasteiger partial charge in [0, 0.05) is 12.1 Å². The molecule has 2 N–H and O–H groups in total. The van der Waals surface area contributed by atoms with Gasteiger partial charge in [0.2, 0.25) is 5.88 Å². The zero-order valence-corrected chi connectivity index (χ0v) is 9.76. The number of aromatic nitrogens is 2. The van der Waals surface area contributed by atoms with Gasteiger partial charge in [-0.05, 0) is 26.1 Å². The molecule has 1 aromatic rings. The van der Waals surface area contributed by atoms with Crippen LogP contribution in [0.5, 0.6) is 5.88 Å². The molecular weight excluding hydrogens is 212 g/mol. The van der Waals surface area contributed by atoms with E-state index in [1.807, 2.05) is 13.8 Å². The minimum absolute atomic E-state index is 0.286. The average molecular weight is 226 g/mol. The van der Waals surface area contributed by atoms with Gasteiger partial charge in [0.05, 0.1) is 7.11 Å². The Balaban J connectivity index is 2.60. The third kappa shape index (κ3) is 4.07. The smallest absolute Gasteiger partial charge is 0.218 e. The van der Waals surface area contributed by atoms with E-state index in [0.717, 1.165) is 0 Å². The first-order valence-electron chi connectivity index (χ1n) is 4.55. The standard InChI is InChI=1S/C9H14N4OS/c1-6(2)12-9(15)13-7-4-8(14-3)11-5-10-7/h4-6H,1-3H3,(H2,10,11,12,13,15). The van der Waals surface area contributed by atoms with Gasteiger partial charge in [-0.15, -0.1) is 0 Å². The zero-order chi connectivity index (χ0) is 11.3. The fourth-order valence-electron chi connectivity index (χ4n) is 0.934. The molecule has 1 rings (SSSR count). The summed E-state index contributed by atoms with van der Waals surface area (Å²) in [4.78, 5) is 7.89. The number of rotatable bonds is 3. The first-order chi connectivity index (χ1) is 7.11. The molecule has 0 aliphatic rings. The summed E-state index contributed by atoms with van der Waals surface area (Å²) in [5, 5.41) is 6.52. The maximum atomic E-state index is 5.07. The quantitative estimate of drug-likeness (QED) is 0.755. The van der Waals surface area contributed by atoms with Crippen LogP contribution in [0.15, 0.2) is 12.4 Å². The van der Waals surface area contributed by atoms with Gasteiger partial charge in [-0.25, -0.2) is 9.97 Å². The normalized spacial score (nSPS) is 9.87. The summed E-state index contributed by atoms with van der Waals surface area (Å²) in [6, 6.07) is 1.96. The van der Waals surface area contributed by atoms with Gasteiger partial charge in [-0.2, -0.15) is 0 Å². The SMILES string of the molecule is COc1cc(NC(=S)NC(C)C)ncn1. The van der Waals surface area contributed by atoms with Crippen molar-refractivity contribution in [1.82, 2.24) is 15.3 Å². The molecule has 5 nitrogen and oxygen atoms in total. The molecule has 0 atom stereocenters. The van der Waals surface area contributed by atoms with Gasteiger partial charge in [-0.1, -0.05) is 0 Å². The number of ether oxygens (including phenoxy) is 1. The Kier molecular flexibility index (Phi) is 4.23. The van der Waals surface area contributed by atoms with Gasteiger partial charge in [0.25, 0.3) is 0 Å². The van der Waals surface area contributed by atoms with Crippen LogP contribution in [0.2, 0.25) is 0 Å². The number of hydrogen-bond donors (Lipinski definition) is 2. The largest absolute Gasteiger partial charge is 0.481 e. The lowest BCUT2D eigenvalue weighted by Gasteiger charge is -2.12. The van der Waals surface area contributed by atoms with Crippen LogP contribution in [0.4, 0.5) is 5.82 Å². The van der Waals surface area contributed by atoms with Crippen molar-refractivity contribution in [1.29, 1.82) is 0 Å². The monoisotopic (exact) mass is 226 g/mol. The summed E-state index contributed by atoms with van der Waals surface area (Å²) in [5.41, 5.74) is 0. The van der Waals surface area contributed by atoms with Gasteiger partial charge < -0.3 is 15.4 Å². The van der Waals surface area contributed by atoms with Crippen LogP contribution in [0, 0.1) is 0 Å². The van der Waals surface area contributed by atoms with Crippen LogP contribution < -0.4 is 15.4 Å². The summed E-state index contributed by atoms with van der Waals surface area (Å²) < 4.78 is 4.96. The molecule has 0 unspecified atom stereocenters.